The van der Waals surface area contributed by atoms with Crippen LogP contribution in [0.15, 0.2) is 18.3 Å². The normalized spacial score (nSPS) is 23.8. The standard InChI is InChI=1S/C22H26ClN5O2/c1-13-18(14-7-10-24-17(23)12-14)28-21(25-13)19-16(4-3-11-30-19)20(27-28)26-15-5-8-22(2,29)9-6-15/h7,10,12,15,29H,3-6,8-9,11H2,1-2H3,(H,26,27). The average Bonchev–Trinajstić information content (AvgIpc) is 3.05. The molecule has 7 nitrogen and oxygen atoms in total. The van der Waals surface area contributed by atoms with E-state index in [4.69, 9.17) is 26.4 Å². The number of anilines is 1. The predicted octanol–water partition coefficient (Wildman–Crippen LogP) is 4.18. The van der Waals surface area contributed by atoms with Crippen molar-refractivity contribution in [3.63, 3.8) is 0 Å². The maximum Gasteiger partial charge on any atom is 0.197 e. The molecule has 0 saturated heterocycles. The van der Waals surface area contributed by atoms with Crippen LogP contribution in [0.25, 0.3) is 16.9 Å². The number of aryl methyl sites for hydroxylation is 1. The second-order valence-corrected chi connectivity index (χ2v) is 9.06. The largest absolute Gasteiger partial charge is 0.489 e. The number of aliphatic hydroxyl groups is 1. The second kappa shape index (κ2) is 7.39. The fourth-order valence-electron chi connectivity index (χ4n) is 4.55. The maximum atomic E-state index is 10.3. The van der Waals surface area contributed by atoms with Gasteiger partial charge < -0.3 is 15.2 Å². The Bertz CT molecular complexity index is 1100. The number of nitrogens with one attached hydrogen (secondary N) is 1. The summed E-state index contributed by atoms with van der Waals surface area (Å²) < 4.78 is 7.95. The van der Waals surface area contributed by atoms with Gasteiger partial charge in [-0.1, -0.05) is 11.6 Å². The SMILES string of the molecule is Cc1nc2c3c(c(NC4CCC(C)(O)CC4)nn2c1-c1ccnc(Cl)c1)CCCO3. The monoisotopic (exact) mass is 427 g/mol. The summed E-state index contributed by atoms with van der Waals surface area (Å²) in [6, 6.07) is 4.03. The van der Waals surface area contributed by atoms with Crippen molar-refractivity contribution in [3.05, 3.63) is 34.7 Å². The molecule has 3 aromatic rings. The number of fused-ring (bicyclic) bond motifs is 3. The molecule has 0 radical (unpaired) electrons. The zero-order valence-electron chi connectivity index (χ0n) is 17.3. The lowest BCUT2D eigenvalue weighted by atomic mass is 9.83. The maximum absolute atomic E-state index is 10.3. The Morgan fingerprint density at radius 1 is 1.33 bits per heavy atom. The Morgan fingerprint density at radius 3 is 2.90 bits per heavy atom. The quantitative estimate of drug-likeness (QED) is 0.610. The van der Waals surface area contributed by atoms with E-state index in [9.17, 15) is 5.11 Å². The van der Waals surface area contributed by atoms with Crippen LogP contribution in [0.5, 0.6) is 5.75 Å². The molecular formula is C22H26ClN5O2. The fraction of sp³-hybridized carbons (Fsp3) is 0.500. The van der Waals surface area contributed by atoms with Crippen LogP contribution in [-0.4, -0.2) is 42.9 Å². The third-order valence-electron chi connectivity index (χ3n) is 6.21. The lowest BCUT2D eigenvalue weighted by Gasteiger charge is -2.34. The first kappa shape index (κ1) is 19.6. The van der Waals surface area contributed by atoms with Gasteiger partial charge in [0, 0.05) is 23.4 Å². The molecule has 2 N–H and O–H groups in total. The molecule has 1 saturated carbocycles. The third-order valence-corrected chi connectivity index (χ3v) is 6.42. The second-order valence-electron chi connectivity index (χ2n) is 8.67. The van der Waals surface area contributed by atoms with Gasteiger partial charge in [0.05, 0.1) is 23.6 Å². The summed E-state index contributed by atoms with van der Waals surface area (Å²) in [5, 5.41) is 19.4. The predicted molar refractivity (Wildman–Crippen MR) is 116 cm³/mol. The van der Waals surface area contributed by atoms with E-state index in [1.165, 1.54) is 0 Å². The van der Waals surface area contributed by atoms with Crippen LogP contribution >= 0.6 is 11.6 Å². The highest BCUT2D eigenvalue weighted by molar-refractivity contribution is 6.29. The lowest BCUT2D eigenvalue weighted by Crippen LogP contribution is -2.36. The van der Waals surface area contributed by atoms with E-state index < -0.39 is 5.60 Å². The van der Waals surface area contributed by atoms with Crippen molar-refractivity contribution in [3.8, 4) is 17.0 Å². The molecule has 5 rings (SSSR count). The average molecular weight is 428 g/mol. The van der Waals surface area contributed by atoms with Crippen molar-refractivity contribution >= 4 is 23.1 Å². The van der Waals surface area contributed by atoms with Crippen LogP contribution in [0.3, 0.4) is 0 Å². The minimum Gasteiger partial charge on any atom is -0.489 e. The molecule has 0 spiro atoms. The first-order chi connectivity index (χ1) is 14.4. The van der Waals surface area contributed by atoms with E-state index in [1.807, 2.05) is 30.5 Å². The van der Waals surface area contributed by atoms with Gasteiger partial charge in [0.15, 0.2) is 17.2 Å². The molecular weight excluding hydrogens is 402 g/mol. The number of pyridine rings is 1. The summed E-state index contributed by atoms with van der Waals surface area (Å²) in [5.74, 6) is 1.67. The summed E-state index contributed by atoms with van der Waals surface area (Å²) in [7, 11) is 0. The highest BCUT2D eigenvalue weighted by Gasteiger charge is 2.31. The van der Waals surface area contributed by atoms with Gasteiger partial charge in [0.25, 0.3) is 0 Å². The number of rotatable bonds is 3. The summed E-state index contributed by atoms with van der Waals surface area (Å²) in [4.78, 5) is 8.88. The van der Waals surface area contributed by atoms with Crippen LogP contribution < -0.4 is 10.1 Å². The Balaban J connectivity index is 1.61. The van der Waals surface area contributed by atoms with Crippen molar-refractivity contribution in [2.75, 3.05) is 11.9 Å². The molecule has 4 heterocycles. The summed E-state index contributed by atoms with van der Waals surface area (Å²) >= 11 is 6.15. The zero-order valence-corrected chi connectivity index (χ0v) is 18.0. The molecule has 2 aliphatic rings. The third kappa shape index (κ3) is 3.50. The highest BCUT2D eigenvalue weighted by atomic mass is 35.5. The van der Waals surface area contributed by atoms with E-state index in [2.05, 4.69) is 10.3 Å². The number of hydrogen-bond acceptors (Lipinski definition) is 6. The van der Waals surface area contributed by atoms with Gasteiger partial charge in [0.2, 0.25) is 0 Å². The van der Waals surface area contributed by atoms with Crippen molar-refractivity contribution < 1.29 is 9.84 Å². The van der Waals surface area contributed by atoms with Gasteiger partial charge in [-0.3, -0.25) is 0 Å². The van der Waals surface area contributed by atoms with E-state index in [1.54, 1.807) is 6.20 Å². The molecule has 1 aliphatic heterocycles. The smallest absolute Gasteiger partial charge is 0.197 e. The van der Waals surface area contributed by atoms with Gasteiger partial charge in [-0.05, 0) is 64.5 Å². The Morgan fingerprint density at radius 2 is 2.13 bits per heavy atom. The number of hydrogen-bond donors (Lipinski definition) is 2. The molecule has 0 atom stereocenters. The van der Waals surface area contributed by atoms with Crippen molar-refractivity contribution in [1.29, 1.82) is 0 Å². The summed E-state index contributed by atoms with van der Waals surface area (Å²) in [6.45, 7) is 4.58. The van der Waals surface area contributed by atoms with Gasteiger partial charge in [-0.2, -0.15) is 0 Å². The Labute approximate surface area is 180 Å². The van der Waals surface area contributed by atoms with E-state index in [0.29, 0.717) is 11.8 Å². The van der Waals surface area contributed by atoms with Crippen molar-refractivity contribution in [1.82, 2.24) is 19.6 Å². The van der Waals surface area contributed by atoms with Crippen molar-refractivity contribution in [2.24, 2.45) is 0 Å². The van der Waals surface area contributed by atoms with Gasteiger partial charge in [-0.25, -0.2) is 14.5 Å². The van der Waals surface area contributed by atoms with Crippen LogP contribution in [0.2, 0.25) is 5.15 Å². The van der Waals surface area contributed by atoms with Crippen molar-refractivity contribution in [2.45, 2.75) is 64.0 Å². The van der Waals surface area contributed by atoms with Crippen LogP contribution in [0.1, 0.15) is 50.3 Å². The molecule has 0 unspecified atom stereocenters. The number of imidazole rings is 1. The summed E-state index contributed by atoms with van der Waals surface area (Å²) in [5.41, 5.74) is 3.95. The molecule has 8 heteroatoms. The molecule has 30 heavy (non-hydrogen) atoms. The molecule has 0 bridgehead atoms. The number of halogens is 1. The van der Waals surface area contributed by atoms with E-state index in [-0.39, 0.29) is 6.04 Å². The number of ether oxygens (including phenoxy) is 1. The number of nitrogens with zero attached hydrogens (tertiary/aromatic N) is 4. The minimum absolute atomic E-state index is 0.282. The van der Waals surface area contributed by atoms with Crippen LogP contribution in [0.4, 0.5) is 5.82 Å². The first-order valence-electron chi connectivity index (χ1n) is 10.6. The van der Waals surface area contributed by atoms with E-state index in [0.717, 1.165) is 78.3 Å². The minimum atomic E-state index is -0.562. The Kier molecular flexibility index (Phi) is 4.82. The lowest BCUT2D eigenvalue weighted by molar-refractivity contribution is 0.0196. The van der Waals surface area contributed by atoms with Gasteiger partial charge >= 0.3 is 0 Å². The Hall–Kier alpha value is -2.38. The topological polar surface area (TPSA) is 84.6 Å². The van der Waals surface area contributed by atoms with Gasteiger partial charge in [-0.15, -0.1) is 5.10 Å². The number of aromatic nitrogens is 4. The van der Waals surface area contributed by atoms with Crippen LogP contribution in [0, 0.1) is 6.92 Å². The van der Waals surface area contributed by atoms with Gasteiger partial charge in [0.1, 0.15) is 5.15 Å². The van der Waals surface area contributed by atoms with E-state index >= 15 is 0 Å². The molecule has 0 amide bonds. The molecule has 158 valence electrons. The first-order valence-corrected chi connectivity index (χ1v) is 10.9. The zero-order chi connectivity index (χ0) is 20.9. The molecule has 1 fully saturated rings. The fourth-order valence-corrected chi connectivity index (χ4v) is 4.72. The molecule has 3 aromatic heterocycles. The molecule has 0 aromatic carbocycles. The highest BCUT2D eigenvalue weighted by Crippen LogP contribution is 2.38. The summed E-state index contributed by atoms with van der Waals surface area (Å²) in [6.07, 6.45) is 6.97. The molecule has 1 aliphatic carbocycles. The van der Waals surface area contributed by atoms with Crippen LogP contribution in [-0.2, 0) is 6.42 Å².